The number of hydrogen-bond acceptors (Lipinski definition) is 0. The van der Waals surface area contributed by atoms with Crippen LogP contribution in [-0.2, 0) is 0 Å². The van der Waals surface area contributed by atoms with Crippen LogP contribution in [0.3, 0.4) is 0 Å². The van der Waals surface area contributed by atoms with Crippen LogP contribution in [0.2, 0.25) is 0 Å². The third kappa shape index (κ3) is 4.32. The van der Waals surface area contributed by atoms with E-state index in [1.165, 1.54) is 5.57 Å². The maximum Gasteiger partial charge on any atom is 0.0659 e. The second-order valence-corrected chi connectivity index (χ2v) is 4.23. The summed E-state index contributed by atoms with van der Waals surface area (Å²) in [7, 11) is 2.70. The van der Waals surface area contributed by atoms with Gasteiger partial charge in [-0.3, -0.25) is 0 Å². The summed E-state index contributed by atoms with van der Waals surface area (Å²) < 4.78 is 0. The van der Waals surface area contributed by atoms with Gasteiger partial charge in [0, 0.05) is 0 Å². The first kappa shape index (κ1) is 13.9. The van der Waals surface area contributed by atoms with E-state index in [1.807, 2.05) is 26.0 Å². The van der Waals surface area contributed by atoms with Gasteiger partial charge in [0.1, 0.15) is 0 Å². The maximum absolute atomic E-state index is 5.57. The Balaban J connectivity index is 5.27. The van der Waals surface area contributed by atoms with Gasteiger partial charge in [-0.2, -0.15) is 0 Å². The zero-order valence-corrected chi connectivity index (χ0v) is 10.9. The topological polar surface area (TPSA) is 0 Å². The highest BCUT2D eigenvalue weighted by Crippen LogP contribution is 2.26. The lowest BCUT2D eigenvalue weighted by atomic mass is 9.91. The maximum atomic E-state index is 5.57. The number of allylic oxidation sites excluding steroid dienone is 7. The van der Waals surface area contributed by atoms with E-state index in [0.717, 1.165) is 10.9 Å². The van der Waals surface area contributed by atoms with Gasteiger partial charge in [-0.05, 0) is 26.3 Å². The molecule has 0 fully saturated rings. The Morgan fingerprint density at radius 3 is 2.40 bits per heavy atom. The van der Waals surface area contributed by atoms with Crippen molar-refractivity contribution < 1.29 is 0 Å². The molecule has 0 bridgehead atoms. The standard InChI is InChI=1S/C14H19P/c1-6-9-10-14(12(5)15)13(8-3)11(4)7-2/h3,6-7,9-10,13H,1,15H2,2,4-5H3/b10-9-,11-7-,14-12-. The van der Waals surface area contributed by atoms with Crippen molar-refractivity contribution in [3.05, 3.63) is 47.3 Å². The van der Waals surface area contributed by atoms with E-state index in [9.17, 15) is 0 Å². The molecule has 0 saturated heterocycles. The summed E-state index contributed by atoms with van der Waals surface area (Å²) in [6.45, 7) is 9.76. The lowest BCUT2D eigenvalue weighted by Gasteiger charge is -2.14. The molecule has 0 amide bonds. The van der Waals surface area contributed by atoms with E-state index in [4.69, 9.17) is 6.42 Å². The molecule has 0 aliphatic rings. The van der Waals surface area contributed by atoms with E-state index < -0.39 is 0 Å². The van der Waals surface area contributed by atoms with Crippen LogP contribution in [0.5, 0.6) is 0 Å². The van der Waals surface area contributed by atoms with Gasteiger partial charge in [-0.1, -0.05) is 47.7 Å². The fourth-order valence-corrected chi connectivity index (χ4v) is 1.52. The van der Waals surface area contributed by atoms with Gasteiger partial charge in [0.25, 0.3) is 0 Å². The molecule has 0 rings (SSSR count). The first-order valence-corrected chi connectivity index (χ1v) is 5.50. The number of terminal acetylenes is 1. The lowest BCUT2D eigenvalue weighted by Crippen LogP contribution is -2.02. The molecule has 2 atom stereocenters. The molecule has 1 heteroatoms. The second-order valence-electron chi connectivity index (χ2n) is 3.37. The van der Waals surface area contributed by atoms with Gasteiger partial charge in [-0.25, -0.2) is 0 Å². The summed E-state index contributed by atoms with van der Waals surface area (Å²) in [5.74, 6) is 2.88. The molecule has 0 aromatic rings. The SMILES string of the molecule is C#CC(/C(C)=C\C)C(/C=C\C=C)=C(/C)P. The van der Waals surface area contributed by atoms with Crippen molar-refractivity contribution in [2.45, 2.75) is 20.8 Å². The molecule has 0 spiro atoms. The molecule has 0 aromatic carbocycles. The van der Waals surface area contributed by atoms with Crippen LogP contribution in [0, 0.1) is 18.3 Å². The largest absolute Gasteiger partial charge is 0.119 e. The van der Waals surface area contributed by atoms with Crippen LogP contribution >= 0.6 is 9.24 Å². The summed E-state index contributed by atoms with van der Waals surface area (Å²) in [6, 6.07) is 0. The molecule has 0 heterocycles. The van der Waals surface area contributed by atoms with Crippen LogP contribution in [0.1, 0.15) is 20.8 Å². The van der Waals surface area contributed by atoms with Gasteiger partial charge in [0.2, 0.25) is 0 Å². The van der Waals surface area contributed by atoms with Gasteiger partial charge in [-0.15, -0.1) is 15.7 Å². The molecule has 80 valence electrons. The molecule has 0 aromatic heterocycles. The average molecular weight is 218 g/mol. The van der Waals surface area contributed by atoms with Crippen molar-refractivity contribution in [3.8, 4) is 12.3 Å². The molecule has 0 N–H and O–H groups in total. The van der Waals surface area contributed by atoms with Gasteiger partial charge < -0.3 is 0 Å². The zero-order valence-electron chi connectivity index (χ0n) is 9.75. The van der Waals surface area contributed by atoms with Crippen LogP contribution in [-0.4, -0.2) is 0 Å². The van der Waals surface area contributed by atoms with Crippen LogP contribution < -0.4 is 0 Å². The molecule has 2 unspecified atom stereocenters. The molecule has 0 aliphatic carbocycles. The van der Waals surface area contributed by atoms with E-state index in [-0.39, 0.29) is 5.92 Å². The highest BCUT2D eigenvalue weighted by Gasteiger charge is 2.11. The minimum atomic E-state index is 0.0590. The monoisotopic (exact) mass is 218 g/mol. The lowest BCUT2D eigenvalue weighted by molar-refractivity contribution is 0.944. The predicted octanol–water partition coefficient (Wildman–Crippen LogP) is 4.09. The van der Waals surface area contributed by atoms with E-state index >= 15 is 0 Å². The summed E-state index contributed by atoms with van der Waals surface area (Å²) in [5, 5.41) is 1.16. The third-order valence-electron chi connectivity index (χ3n) is 2.26. The van der Waals surface area contributed by atoms with Crippen LogP contribution in [0.4, 0.5) is 0 Å². The second kappa shape index (κ2) is 7.27. The molecule has 0 saturated carbocycles. The van der Waals surface area contributed by atoms with Gasteiger partial charge >= 0.3 is 0 Å². The zero-order chi connectivity index (χ0) is 11.8. The molecular weight excluding hydrogens is 199 g/mol. The van der Waals surface area contributed by atoms with Crippen molar-refractivity contribution in [2.75, 3.05) is 0 Å². The van der Waals surface area contributed by atoms with Crippen molar-refractivity contribution in [2.24, 2.45) is 5.92 Å². The average Bonchev–Trinajstić information content (AvgIpc) is 2.22. The highest BCUT2D eigenvalue weighted by molar-refractivity contribution is 7.22. The van der Waals surface area contributed by atoms with E-state index in [2.05, 4.69) is 34.7 Å². The minimum absolute atomic E-state index is 0.0590. The fourth-order valence-electron chi connectivity index (χ4n) is 1.26. The summed E-state index contributed by atoms with van der Waals surface area (Å²) in [5.41, 5.74) is 2.35. The number of rotatable bonds is 4. The Morgan fingerprint density at radius 2 is 2.07 bits per heavy atom. The van der Waals surface area contributed by atoms with E-state index in [1.54, 1.807) is 6.08 Å². The summed E-state index contributed by atoms with van der Waals surface area (Å²) >= 11 is 0. The predicted molar refractivity (Wildman–Crippen MR) is 73.5 cm³/mol. The fraction of sp³-hybridized carbons (Fsp3) is 0.286. The third-order valence-corrected chi connectivity index (χ3v) is 2.59. The van der Waals surface area contributed by atoms with Crippen molar-refractivity contribution in [3.63, 3.8) is 0 Å². The molecule has 15 heavy (non-hydrogen) atoms. The van der Waals surface area contributed by atoms with Gasteiger partial charge in [0.05, 0.1) is 5.92 Å². The molecular formula is C14H19P. The Hall–Kier alpha value is -1.05. The Labute approximate surface area is 96.1 Å². The summed E-state index contributed by atoms with van der Waals surface area (Å²) in [6.07, 6.45) is 13.3. The van der Waals surface area contributed by atoms with Crippen LogP contribution in [0.25, 0.3) is 0 Å². The Bertz CT molecular complexity index is 344. The first-order valence-electron chi connectivity index (χ1n) is 4.92. The van der Waals surface area contributed by atoms with Gasteiger partial charge in [0.15, 0.2) is 0 Å². The molecule has 0 nitrogen and oxygen atoms in total. The smallest absolute Gasteiger partial charge is 0.0659 e. The van der Waals surface area contributed by atoms with E-state index in [0.29, 0.717) is 0 Å². The van der Waals surface area contributed by atoms with Crippen molar-refractivity contribution >= 4 is 9.24 Å². The first-order chi connectivity index (χ1) is 7.08. The van der Waals surface area contributed by atoms with Crippen LogP contribution in [0.15, 0.2) is 47.3 Å². The summed E-state index contributed by atoms with van der Waals surface area (Å²) in [4.78, 5) is 0. The number of hydrogen-bond donors (Lipinski definition) is 0. The Morgan fingerprint density at radius 1 is 1.47 bits per heavy atom. The van der Waals surface area contributed by atoms with Crippen molar-refractivity contribution in [1.82, 2.24) is 0 Å². The minimum Gasteiger partial charge on any atom is -0.119 e. The molecule has 0 radical (unpaired) electrons. The Kier molecular flexibility index (Phi) is 6.76. The molecule has 0 aliphatic heterocycles. The van der Waals surface area contributed by atoms with Crippen molar-refractivity contribution in [1.29, 1.82) is 0 Å². The quantitative estimate of drug-likeness (QED) is 0.288. The highest BCUT2D eigenvalue weighted by atomic mass is 31.0. The normalized spacial score (nSPS) is 15.8.